The summed E-state index contributed by atoms with van der Waals surface area (Å²) in [4.78, 5) is 11.3. The summed E-state index contributed by atoms with van der Waals surface area (Å²) in [5, 5.41) is 2.49. The molecule has 1 unspecified atom stereocenters. The average molecular weight is 284 g/mol. The van der Waals surface area contributed by atoms with E-state index in [4.69, 9.17) is 4.74 Å². The molecule has 0 spiro atoms. The van der Waals surface area contributed by atoms with E-state index >= 15 is 0 Å². The van der Waals surface area contributed by atoms with Crippen LogP contribution in [0.25, 0.3) is 0 Å². The molecule has 1 N–H and O–H groups in total. The molecule has 4 heteroatoms. The zero-order valence-corrected chi connectivity index (χ0v) is 10.7. The Hall–Kier alpha value is -1.03. The minimum atomic E-state index is -0.361. The largest absolute Gasteiger partial charge is 0.441 e. The molecule has 0 radical (unpaired) electrons. The van der Waals surface area contributed by atoms with E-state index in [9.17, 15) is 4.79 Å². The van der Waals surface area contributed by atoms with Crippen molar-refractivity contribution in [1.29, 1.82) is 0 Å². The number of ether oxygens (including phenoxy) is 1. The van der Waals surface area contributed by atoms with Crippen LogP contribution in [0.5, 0.6) is 0 Å². The van der Waals surface area contributed by atoms with Crippen LogP contribution < -0.4 is 5.32 Å². The molecule has 0 aromatic heterocycles. The molecule has 1 aromatic carbocycles. The van der Waals surface area contributed by atoms with E-state index in [2.05, 4.69) is 21.2 Å². The van der Waals surface area contributed by atoms with Crippen LogP contribution in [0.3, 0.4) is 0 Å². The van der Waals surface area contributed by atoms with Crippen LogP contribution in [-0.2, 0) is 4.74 Å². The average Bonchev–Trinajstić information content (AvgIpc) is 3.11. The number of hydrogen-bond donors (Lipinski definition) is 1. The van der Waals surface area contributed by atoms with Crippen molar-refractivity contribution in [3.8, 4) is 0 Å². The summed E-state index contributed by atoms with van der Waals surface area (Å²) in [6, 6.07) is 7.93. The number of carbonyl (C=O) groups excluding carboxylic acids is 1. The monoisotopic (exact) mass is 283 g/mol. The molecule has 0 saturated heterocycles. The molecule has 1 fully saturated rings. The molecule has 2 rings (SSSR count). The molecule has 1 amide bonds. The van der Waals surface area contributed by atoms with E-state index < -0.39 is 0 Å². The number of hydrogen-bond acceptors (Lipinski definition) is 2. The van der Waals surface area contributed by atoms with E-state index in [0.717, 1.165) is 22.9 Å². The zero-order valence-electron chi connectivity index (χ0n) is 9.07. The van der Waals surface area contributed by atoms with Crippen molar-refractivity contribution in [3.63, 3.8) is 0 Å². The lowest BCUT2D eigenvalue weighted by Crippen LogP contribution is -2.22. The second-order valence-electron chi connectivity index (χ2n) is 3.96. The summed E-state index contributed by atoms with van der Waals surface area (Å²) < 4.78 is 6.42. The number of amides is 1. The van der Waals surface area contributed by atoms with Crippen LogP contribution in [0.15, 0.2) is 28.7 Å². The van der Waals surface area contributed by atoms with Crippen LogP contribution in [0.4, 0.5) is 4.79 Å². The number of alkyl carbamates (subject to hydrolysis) is 1. The smallest absolute Gasteiger partial charge is 0.407 e. The van der Waals surface area contributed by atoms with Gasteiger partial charge in [0.05, 0.1) is 0 Å². The second-order valence-corrected chi connectivity index (χ2v) is 4.88. The molecule has 3 nitrogen and oxygen atoms in total. The molecule has 1 aliphatic carbocycles. The predicted molar refractivity (Wildman–Crippen MR) is 65.1 cm³/mol. The lowest BCUT2D eigenvalue weighted by molar-refractivity contribution is 0.0867. The van der Waals surface area contributed by atoms with Crippen molar-refractivity contribution in [2.45, 2.75) is 18.9 Å². The number of halogens is 1. The van der Waals surface area contributed by atoms with Crippen molar-refractivity contribution in [3.05, 3.63) is 34.3 Å². The first-order valence-electron chi connectivity index (χ1n) is 5.34. The van der Waals surface area contributed by atoms with E-state index in [-0.39, 0.29) is 12.2 Å². The Labute approximate surface area is 103 Å². The summed E-state index contributed by atoms with van der Waals surface area (Å²) in [5.74, 6) is 0.485. The van der Waals surface area contributed by atoms with Crippen molar-refractivity contribution in [1.82, 2.24) is 5.32 Å². The summed E-state index contributed by atoms with van der Waals surface area (Å²) in [7, 11) is 1.58. The summed E-state index contributed by atoms with van der Waals surface area (Å²) in [5.41, 5.74) is 1.06. The van der Waals surface area contributed by atoms with Gasteiger partial charge in [0.15, 0.2) is 0 Å². The van der Waals surface area contributed by atoms with Gasteiger partial charge in [-0.1, -0.05) is 28.1 Å². The Balaban J connectivity index is 2.12. The van der Waals surface area contributed by atoms with Crippen molar-refractivity contribution >= 4 is 22.0 Å². The summed E-state index contributed by atoms with van der Waals surface area (Å²) >= 11 is 3.39. The fourth-order valence-corrected chi connectivity index (χ4v) is 1.93. The third-order valence-corrected chi connectivity index (χ3v) is 3.22. The van der Waals surface area contributed by atoms with Gasteiger partial charge in [0, 0.05) is 17.4 Å². The van der Waals surface area contributed by atoms with Gasteiger partial charge in [-0.15, -0.1) is 0 Å². The highest BCUT2D eigenvalue weighted by Gasteiger charge is 2.35. The van der Waals surface area contributed by atoms with Crippen LogP contribution in [0.1, 0.15) is 24.5 Å². The molecule has 0 bridgehead atoms. The maximum absolute atomic E-state index is 11.3. The summed E-state index contributed by atoms with van der Waals surface area (Å²) in [6.45, 7) is 0. The van der Waals surface area contributed by atoms with Crippen molar-refractivity contribution in [2.75, 3.05) is 7.05 Å². The maximum atomic E-state index is 11.3. The van der Waals surface area contributed by atoms with Gasteiger partial charge < -0.3 is 10.1 Å². The van der Waals surface area contributed by atoms with Crippen molar-refractivity contribution in [2.24, 2.45) is 5.92 Å². The van der Waals surface area contributed by atoms with Crippen LogP contribution >= 0.6 is 15.9 Å². The molecule has 1 aliphatic rings. The molecule has 0 heterocycles. The fraction of sp³-hybridized carbons (Fsp3) is 0.417. The van der Waals surface area contributed by atoms with Gasteiger partial charge >= 0.3 is 6.09 Å². The standard InChI is InChI=1S/C12H14BrNO2/c1-14-12(15)16-11(8-2-3-8)9-4-6-10(13)7-5-9/h4-8,11H,2-3H2,1H3,(H,14,15). The lowest BCUT2D eigenvalue weighted by Gasteiger charge is -2.17. The Morgan fingerprint density at radius 1 is 1.44 bits per heavy atom. The van der Waals surface area contributed by atoms with Gasteiger partial charge in [-0.05, 0) is 30.5 Å². The number of rotatable bonds is 3. The highest BCUT2D eigenvalue weighted by Crippen LogP contribution is 2.43. The van der Waals surface area contributed by atoms with E-state index in [0.29, 0.717) is 5.92 Å². The molecular weight excluding hydrogens is 270 g/mol. The maximum Gasteiger partial charge on any atom is 0.407 e. The van der Waals surface area contributed by atoms with E-state index in [1.165, 1.54) is 0 Å². The SMILES string of the molecule is CNC(=O)OC(c1ccc(Br)cc1)C1CC1. The zero-order chi connectivity index (χ0) is 11.5. The highest BCUT2D eigenvalue weighted by molar-refractivity contribution is 9.10. The Morgan fingerprint density at radius 3 is 2.56 bits per heavy atom. The molecule has 16 heavy (non-hydrogen) atoms. The first-order chi connectivity index (χ1) is 7.70. The summed E-state index contributed by atoms with van der Waals surface area (Å²) in [6.07, 6.45) is 1.81. The molecule has 0 aliphatic heterocycles. The van der Waals surface area contributed by atoms with Gasteiger partial charge in [-0.3, -0.25) is 0 Å². The van der Waals surface area contributed by atoms with Gasteiger partial charge in [0.25, 0.3) is 0 Å². The first-order valence-corrected chi connectivity index (χ1v) is 6.14. The van der Waals surface area contributed by atoms with Gasteiger partial charge in [-0.2, -0.15) is 0 Å². The normalized spacial score (nSPS) is 16.6. The third kappa shape index (κ3) is 2.76. The first kappa shape index (κ1) is 11.5. The van der Waals surface area contributed by atoms with E-state index in [1.54, 1.807) is 7.05 Å². The second kappa shape index (κ2) is 4.87. The Bertz CT molecular complexity index is 373. The highest BCUT2D eigenvalue weighted by atomic mass is 79.9. The predicted octanol–water partition coefficient (Wildman–Crippen LogP) is 3.26. The minimum Gasteiger partial charge on any atom is -0.441 e. The Morgan fingerprint density at radius 2 is 2.06 bits per heavy atom. The molecule has 86 valence electrons. The number of benzene rings is 1. The van der Waals surface area contributed by atoms with Gasteiger partial charge in [-0.25, -0.2) is 4.79 Å². The van der Waals surface area contributed by atoms with Crippen molar-refractivity contribution < 1.29 is 9.53 Å². The van der Waals surface area contributed by atoms with Crippen LogP contribution in [0.2, 0.25) is 0 Å². The fourth-order valence-electron chi connectivity index (χ4n) is 1.66. The third-order valence-electron chi connectivity index (χ3n) is 2.69. The topological polar surface area (TPSA) is 38.3 Å². The molecular formula is C12H14BrNO2. The van der Waals surface area contributed by atoms with Gasteiger partial charge in [0.1, 0.15) is 6.10 Å². The number of nitrogens with one attached hydrogen (secondary N) is 1. The Kier molecular flexibility index (Phi) is 3.49. The van der Waals surface area contributed by atoms with Crippen LogP contribution in [-0.4, -0.2) is 13.1 Å². The van der Waals surface area contributed by atoms with E-state index in [1.807, 2.05) is 24.3 Å². The quantitative estimate of drug-likeness (QED) is 0.925. The molecule has 1 atom stereocenters. The number of carbonyl (C=O) groups is 1. The molecule has 1 saturated carbocycles. The lowest BCUT2D eigenvalue weighted by atomic mass is 10.1. The minimum absolute atomic E-state index is 0.104. The molecule has 1 aromatic rings. The van der Waals surface area contributed by atoms with Gasteiger partial charge in [0.2, 0.25) is 0 Å². The van der Waals surface area contributed by atoms with Crippen LogP contribution in [0, 0.1) is 5.92 Å².